The summed E-state index contributed by atoms with van der Waals surface area (Å²) in [6, 6.07) is 27.8. The summed E-state index contributed by atoms with van der Waals surface area (Å²) in [6.07, 6.45) is -0.800. The van der Waals surface area contributed by atoms with E-state index in [4.69, 9.17) is 4.74 Å². The fraction of sp³-hybridized carbons (Fsp3) is 0.120. The topological polar surface area (TPSA) is 46.6 Å². The molecular weight excluding hydrogens is 362 g/mol. The SMILES string of the molecule is CC(=O)O[C@H]1C(=O)N(c2cccc3cc4ccccc4cc23)[C@@H]1c1ccccc1. The normalized spacial score (nSPS) is 18.7. The van der Waals surface area contributed by atoms with E-state index in [0.29, 0.717) is 0 Å². The van der Waals surface area contributed by atoms with Crippen molar-refractivity contribution in [3.8, 4) is 0 Å². The van der Waals surface area contributed by atoms with Crippen molar-refractivity contribution >= 4 is 39.1 Å². The van der Waals surface area contributed by atoms with Crippen LogP contribution in [0.1, 0.15) is 18.5 Å². The Morgan fingerprint density at radius 3 is 2.21 bits per heavy atom. The van der Waals surface area contributed by atoms with Crippen molar-refractivity contribution in [2.45, 2.75) is 19.1 Å². The highest BCUT2D eigenvalue weighted by atomic mass is 16.6. The molecule has 142 valence electrons. The van der Waals surface area contributed by atoms with Crippen LogP contribution >= 0.6 is 0 Å². The summed E-state index contributed by atoms with van der Waals surface area (Å²) in [5, 5.41) is 4.34. The molecule has 1 heterocycles. The first kappa shape index (κ1) is 17.4. The third kappa shape index (κ3) is 2.85. The summed E-state index contributed by atoms with van der Waals surface area (Å²) in [5.74, 6) is -0.650. The predicted octanol–water partition coefficient (Wildman–Crippen LogP) is 5.01. The molecule has 4 aromatic carbocycles. The lowest BCUT2D eigenvalue weighted by Gasteiger charge is -2.46. The minimum absolute atomic E-state index is 0.199. The molecule has 4 nitrogen and oxygen atoms in total. The number of rotatable bonds is 3. The number of β-lactam (4-membered cyclic amide) rings is 1. The van der Waals surface area contributed by atoms with Crippen LogP contribution in [-0.2, 0) is 14.3 Å². The molecule has 4 aromatic rings. The van der Waals surface area contributed by atoms with Gasteiger partial charge in [-0.15, -0.1) is 0 Å². The number of anilines is 1. The van der Waals surface area contributed by atoms with Gasteiger partial charge in [0, 0.05) is 12.3 Å². The summed E-state index contributed by atoms with van der Waals surface area (Å²) in [7, 11) is 0. The second-order valence-corrected chi connectivity index (χ2v) is 7.29. The molecule has 0 aliphatic carbocycles. The number of fused-ring (bicyclic) bond motifs is 2. The van der Waals surface area contributed by atoms with Gasteiger partial charge in [-0.2, -0.15) is 0 Å². The van der Waals surface area contributed by atoms with E-state index in [0.717, 1.165) is 32.8 Å². The van der Waals surface area contributed by atoms with Crippen LogP contribution in [0.15, 0.2) is 84.9 Å². The van der Waals surface area contributed by atoms with Gasteiger partial charge in [0.25, 0.3) is 5.91 Å². The van der Waals surface area contributed by atoms with Gasteiger partial charge < -0.3 is 4.74 Å². The molecule has 1 aliphatic heterocycles. The zero-order valence-corrected chi connectivity index (χ0v) is 15.9. The van der Waals surface area contributed by atoms with Crippen LogP contribution in [0, 0.1) is 0 Å². The van der Waals surface area contributed by atoms with Gasteiger partial charge in [0.15, 0.2) is 0 Å². The molecule has 0 spiro atoms. The summed E-state index contributed by atoms with van der Waals surface area (Å²) in [5.41, 5.74) is 1.77. The Morgan fingerprint density at radius 2 is 1.48 bits per heavy atom. The lowest BCUT2D eigenvalue weighted by Crippen LogP contribution is -2.60. The van der Waals surface area contributed by atoms with Crippen molar-refractivity contribution < 1.29 is 14.3 Å². The molecule has 0 aromatic heterocycles. The van der Waals surface area contributed by atoms with Crippen LogP contribution in [0.2, 0.25) is 0 Å². The average molecular weight is 381 g/mol. The van der Waals surface area contributed by atoms with Gasteiger partial charge >= 0.3 is 5.97 Å². The van der Waals surface area contributed by atoms with Crippen molar-refractivity contribution in [3.05, 3.63) is 90.5 Å². The molecule has 4 heteroatoms. The van der Waals surface area contributed by atoms with E-state index in [-0.39, 0.29) is 11.9 Å². The number of hydrogen-bond donors (Lipinski definition) is 0. The molecule has 29 heavy (non-hydrogen) atoms. The summed E-state index contributed by atoms with van der Waals surface area (Å²) in [4.78, 5) is 26.4. The second kappa shape index (κ2) is 6.74. The number of carbonyl (C=O) groups is 2. The first-order chi connectivity index (χ1) is 14.1. The van der Waals surface area contributed by atoms with E-state index in [1.807, 2.05) is 54.6 Å². The van der Waals surface area contributed by atoms with Crippen molar-refractivity contribution in [1.82, 2.24) is 0 Å². The fourth-order valence-electron chi connectivity index (χ4n) is 4.16. The highest BCUT2D eigenvalue weighted by Crippen LogP contribution is 2.44. The third-order valence-electron chi connectivity index (χ3n) is 5.46. The van der Waals surface area contributed by atoms with Crippen molar-refractivity contribution in [2.24, 2.45) is 0 Å². The maximum absolute atomic E-state index is 13.0. The molecule has 1 saturated heterocycles. The quantitative estimate of drug-likeness (QED) is 0.285. The van der Waals surface area contributed by atoms with Crippen LogP contribution in [0.5, 0.6) is 0 Å². The van der Waals surface area contributed by atoms with Gasteiger partial charge in [-0.05, 0) is 39.9 Å². The zero-order chi connectivity index (χ0) is 20.0. The van der Waals surface area contributed by atoms with E-state index in [1.54, 1.807) is 4.90 Å². The maximum Gasteiger partial charge on any atom is 0.303 e. The van der Waals surface area contributed by atoms with Gasteiger partial charge in [0.05, 0.1) is 5.69 Å². The lowest BCUT2D eigenvalue weighted by atomic mass is 9.88. The molecular formula is C25H19NO3. The number of amides is 1. The summed E-state index contributed by atoms with van der Waals surface area (Å²) < 4.78 is 5.37. The van der Waals surface area contributed by atoms with Crippen LogP contribution in [-0.4, -0.2) is 18.0 Å². The Morgan fingerprint density at radius 1 is 0.828 bits per heavy atom. The maximum atomic E-state index is 13.0. The molecule has 5 rings (SSSR count). The highest BCUT2D eigenvalue weighted by Gasteiger charge is 2.51. The minimum Gasteiger partial charge on any atom is -0.450 e. The van der Waals surface area contributed by atoms with Crippen molar-refractivity contribution in [1.29, 1.82) is 0 Å². The van der Waals surface area contributed by atoms with Gasteiger partial charge in [0.1, 0.15) is 6.04 Å². The largest absolute Gasteiger partial charge is 0.450 e. The Balaban J connectivity index is 1.67. The number of ether oxygens (including phenoxy) is 1. The predicted molar refractivity (Wildman–Crippen MR) is 114 cm³/mol. The molecule has 0 N–H and O–H groups in total. The van der Waals surface area contributed by atoms with Gasteiger partial charge in [-0.3, -0.25) is 14.5 Å². The Bertz CT molecular complexity index is 1250. The molecule has 1 aliphatic rings. The molecule has 0 unspecified atom stereocenters. The van der Waals surface area contributed by atoms with Gasteiger partial charge in [0.2, 0.25) is 6.10 Å². The van der Waals surface area contributed by atoms with Crippen molar-refractivity contribution in [3.63, 3.8) is 0 Å². The van der Waals surface area contributed by atoms with E-state index >= 15 is 0 Å². The van der Waals surface area contributed by atoms with Gasteiger partial charge in [-0.1, -0.05) is 66.7 Å². The molecule has 1 fully saturated rings. The highest BCUT2D eigenvalue weighted by molar-refractivity contribution is 6.13. The lowest BCUT2D eigenvalue weighted by molar-refractivity contribution is -0.160. The van der Waals surface area contributed by atoms with Crippen LogP contribution in [0.4, 0.5) is 5.69 Å². The van der Waals surface area contributed by atoms with Crippen LogP contribution in [0.3, 0.4) is 0 Å². The second-order valence-electron chi connectivity index (χ2n) is 7.29. The number of nitrogens with zero attached hydrogens (tertiary/aromatic N) is 1. The standard InChI is InChI=1S/C25H19NO3/c1-16(27)29-24-23(17-8-3-2-4-9-17)26(25(24)28)22-13-7-12-20-14-18-10-5-6-11-19(18)15-21(20)22/h2-15,23-24H,1H3/t23-,24-/m1/s1. The number of esters is 1. The molecule has 0 bridgehead atoms. The van der Waals surface area contributed by atoms with E-state index in [1.165, 1.54) is 6.92 Å². The number of hydrogen-bond acceptors (Lipinski definition) is 3. The fourth-order valence-corrected chi connectivity index (χ4v) is 4.16. The van der Waals surface area contributed by atoms with E-state index < -0.39 is 12.1 Å². The van der Waals surface area contributed by atoms with Crippen molar-refractivity contribution in [2.75, 3.05) is 4.90 Å². The smallest absolute Gasteiger partial charge is 0.303 e. The molecule has 2 atom stereocenters. The Labute approximate surface area is 168 Å². The minimum atomic E-state index is -0.800. The van der Waals surface area contributed by atoms with Crippen LogP contribution in [0.25, 0.3) is 21.5 Å². The zero-order valence-electron chi connectivity index (χ0n) is 15.9. The number of carbonyl (C=O) groups excluding carboxylic acids is 2. The third-order valence-corrected chi connectivity index (χ3v) is 5.46. The first-order valence-corrected chi connectivity index (χ1v) is 9.60. The summed E-state index contributed by atoms with van der Waals surface area (Å²) in [6.45, 7) is 1.34. The van der Waals surface area contributed by atoms with Crippen LogP contribution < -0.4 is 4.90 Å². The molecule has 1 amide bonds. The Hall–Kier alpha value is -3.66. The first-order valence-electron chi connectivity index (χ1n) is 9.60. The van der Waals surface area contributed by atoms with E-state index in [9.17, 15) is 9.59 Å². The molecule has 0 radical (unpaired) electrons. The Kier molecular flexibility index (Phi) is 4.06. The summed E-state index contributed by atoms with van der Waals surface area (Å²) >= 11 is 0. The monoisotopic (exact) mass is 381 g/mol. The number of benzene rings is 4. The van der Waals surface area contributed by atoms with Gasteiger partial charge in [-0.25, -0.2) is 0 Å². The van der Waals surface area contributed by atoms with E-state index in [2.05, 4.69) is 30.3 Å². The molecule has 0 saturated carbocycles. The average Bonchev–Trinajstić information content (AvgIpc) is 2.74.